The van der Waals surface area contributed by atoms with E-state index < -0.39 is 11.6 Å². The Bertz CT molecular complexity index is 268. The minimum Gasteiger partial charge on any atom is -0.271 e. The fourth-order valence-electron chi connectivity index (χ4n) is 0.843. The van der Waals surface area contributed by atoms with Crippen LogP contribution in [0.3, 0.4) is 0 Å². The van der Waals surface area contributed by atoms with Crippen LogP contribution in [0.25, 0.3) is 0 Å². The number of hydrazine groups is 1. The summed E-state index contributed by atoms with van der Waals surface area (Å²) in [6.45, 7) is -0.0229. The van der Waals surface area contributed by atoms with Crippen LogP contribution in [0.1, 0.15) is 5.56 Å². The van der Waals surface area contributed by atoms with Gasteiger partial charge in [-0.3, -0.25) is 11.3 Å². The van der Waals surface area contributed by atoms with Crippen LogP contribution in [-0.4, -0.2) is 0 Å². The third kappa shape index (κ3) is 2.00. The van der Waals surface area contributed by atoms with Crippen molar-refractivity contribution in [3.63, 3.8) is 0 Å². The van der Waals surface area contributed by atoms with Crippen LogP contribution in [0.5, 0.6) is 0 Å². The van der Waals surface area contributed by atoms with Crippen molar-refractivity contribution in [2.24, 2.45) is 5.84 Å². The van der Waals surface area contributed by atoms with Crippen molar-refractivity contribution in [1.82, 2.24) is 5.43 Å². The summed E-state index contributed by atoms with van der Waals surface area (Å²) in [6, 6.07) is 2.38. The van der Waals surface area contributed by atoms with Crippen molar-refractivity contribution in [3.05, 3.63) is 33.8 Å². The van der Waals surface area contributed by atoms with Crippen LogP contribution in [0.15, 0.2) is 16.6 Å². The van der Waals surface area contributed by atoms with Gasteiger partial charge in [-0.1, -0.05) is 15.9 Å². The monoisotopic (exact) mass is 236 g/mol. The molecule has 3 N–H and O–H groups in total. The van der Waals surface area contributed by atoms with Crippen molar-refractivity contribution < 1.29 is 8.78 Å². The number of nitrogens with one attached hydrogen (secondary N) is 1. The fourth-order valence-corrected chi connectivity index (χ4v) is 1.25. The number of nitrogens with two attached hydrogens (primary N) is 1. The maximum Gasteiger partial charge on any atom is 0.131 e. The summed E-state index contributed by atoms with van der Waals surface area (Å²) in [5.74, 6) is 3.72. The van der Waals surface area contributed by atoms with Gasteiger partial charge in [0.2, 0.25) is 0 Å². The number of halogens is 3. The Balaban J connectivity index is 3.10. The molecule has 0 bridgehead atoms. The molecule has 0 radical (unpaired) electrons. The van der Waals surface area contributed by atoms with Crippen LogP contribution in [0.2, 0.25) is 0 Å². The summed E-state index contributed by atoms with van der Waals surface area (Å²) in [5, 5.41) is 0. The number of hydrogen-bond acceptors (Lipinski definition) is 2. The van der Waals surface area contributed by atoms with E-state index in [4.69, 9.17) is 5.84 Å². The largest absolute Gasteiger partial charge is 0.271 e. The van der Waals surface area contributed by atoms with Crippen molar-refractivity contribution in [2.75, 3.05) is 0 Å². The molecule has 0 aliphatic carbocycles. The first-order chi connectivity index (χ1) is 5.65. The Morgan fingerprint density at radius 2 is 1.83 bits per heavy atom. The predicted molar refractivity (Wildman–Crippen MR) is 45.1 cm³/mol. The van der Waals surface area contributed by atoms with Crippen LogP contribution in [-0.2, 0) is 6.54 Å². The van der Waals surface area contributed by atoms with E-state index in [-0.39, 0.29) is 12.1 Å². The molecule has 0 amide bonds. The number of rotatable bonds is 2. The molecule has 12 heavy (non-hydrogen) atoms. The molecule has 0 saturated carbocycles. The quantitative estimate of drug-likeness (QED) is 0.606. The lowest BCUT2D eigenvalue weighted by atomic mass is 10.2. The van der Waals surface area contributed by atoms with Crippen molar-refractivity contribution >= 4 is 15.9 Å². The molecule has 2 nitrogen and oxygen atoms in total. The van der Waals surface area contributed by atoms with E-state index in [0.717, 1.165) is 0 Å². The zero-order chi connectivity index (χ0) is 9.14. The molecule has 0 atom stereocenters. The third-order valence-electron chi connectivity index (χ3n) is 1.38. The standard InChI is InChI=1S/C7H7BrF2N2/c8-4-1-6(9)5(3-12-11)7(10)2-4/h1-2,12H,3,11H2. The molecule has 0 aromatic heterocycles. The molecule has 0 fully saturated rings. The van der Waals surface area contributed by atoms with Crippen LogP contribution >= 0.6 is 15.9 Å². The molecule has 0 aliphatic heterocycles. The van der Waals surface area contributed by atoms with Crippen molar-refractivity contribution in [1.29, 1.82) is 0 Å². The molecule has 66 valence electrons. The van der Waals surface area contributed by atoms with Gasteiger partial charge < -0.3 is 0 Å². The first kappa shape index (κ1) is 9.57. The van der Waals surface area contributed by atoms with E-state index in [2.05, 4.69) is 21.4 Å². The molecule has 1 aromatic rings. The van der Waals surface area contributed by atoms with E-state index in [1.54, 1.807) is 0 Å². The van der Waals surface area contributed by atoms with Gasteiger partial charge in [-0.15, -0.1) is 0 Å². The summed E-state index contributed by atoms with van der Waals surface area (Å²) >= 11 is 2.97. The smallest absolute Gasteiger partial charge is 0.131 e. The first-order valence-corrected chi connectivity index (χ1v) is 4.01. The number of benzene rings is 1. The normalized spacial score (nSPS) is 10.3. The summed E-state index contributed by atoms with van der Waals surface area (Å²) in [4.78, 5) is 0. The summed E-state index contributed by atoms with van der Waals surface area (Å²) in [5.41, 5.74) is 2.13. The van der Waals surface area contributed by atoms with Gasteiger partial charge in [-0.05, 0) is 12.1 Å². The predicted octanol–water partition coefficient (Wildman–Crippen LogP) is 1.69. The van der Waals surface area contributed by atoms with Gasteiger partial charge >= 0.3 is 0 Å². The van der Waals surface area contributed by atoms with Gasteiger partial charge in [-0.2, -0.15) is 0 Å². The molecular formula is C7H7BrF2N2. The van der Waals surface area contributed by atoms with Gasteiger partial charge in [0, 0.05) is 16.6 Å². The van der Waals surface area contributed by atoms with Crippen molar-refractivity contribution in [2.45, 2.75) is 6.54 Å². The average Bonchev–Trinajstić information content (AvgIpc) is 1.96. The Hall–Kier alpha value is -0.520. The van der Waals surface area contributed by atoms with Gasteiger partial charge in [0.25, 0.3) is 0 Å². The fraction of sp³-hybridized carbons (Fsp3) is 0.143. The van der Waals surface area contributed by atoms with E-state index in [0.29, 0.717) is 4.47 Å². The topological polar surface area (TPSA) is 38.0 Å². The average molecular weight is 237 g/mol. The van der Waals surface area contributed by atoms with Gasteiger partial charge in [-0.25, -0.2) is 8.78 Å². The van der Waals surface area contributed by atoms with E-state index in [1.165, 1.54) is 12.1 Å². The van der Waals surface area contributed by atoms with E-state index in [9.17, 15) is 8.78 Å². The minimum absolute atomic E-state index is 0.0229. The highest BCUT2D eigenvalue weighted by Crippen LogP contribution is 2.18. The second-order valence-corrected chi connectivity index (χ2v) is 3.14. The maximum atomic E-state index is 12.9. The molecule has 0 aliphatic rings. The lowest BCUT2D eigenvalue weighted by Gasteiger charge is -2.03. The molecule has 0 saturated heterocycles. The van der Waals surface area contributed by atoms with E-state index in [1.807, 2.05) is 0 Å². The Kier molecular flexibility index (Phi) is 3.13. The highest BCUT2D eigenvalue weighted by Gasteiger charge is 2.08. The zero-order valence-electron chi connectivity index (χ0n) is 6.07. The van der Waals surface area contributed by atoms with Crippen LogP contribution in [0, 0.1) is 11.6 Å². The second kappa shape index (κ2) is 3.93. The second-order valence-electron chi connectivity index (χ2n) is 2.23. The minimum atomic E-state index is -0.611. The molecule has 0 heterocycles. The molecule has 0 spiro atoms. The highest BCUT2D eigenvalue weighted by atomic mass is 79.9. The summed E-state index contributed by atoms with van der Waals surface area (Å²) in [7, 11) is 0. The molecule has 1 aromatic carbocycles. The lowest BCUT2D eigenvalue weighted by Crippen LogP contribution is -2.22. The lowest BCUT2D eigenvalue weighted by molar-refractivity contribution is 0.538. The highest BCUT2D eigenvalue weighted by molar-refractivity contribution is 9.10. The SMILES string of the molecule is NNCc1c(F)cc(Br)cc1F. The maximum absolute atomic E-state index is 12.9. The van der Waals surface area contributed by atoms with Crippen molar-refractivity contribution in [3.8, 4) is 0 Å². The van der Waals surface area contributed by atoms with Gasteiger partial charge in [0.05, 0.1) is 0 Å². The molecule has 5 heteroatoms. The Morgan fingerprint density at radius 3 is 2.25 bits per heavy atom. The van der Waals surface area contributed by atoms with E-state index >= 15 is 0 Å². The van der Waals surface area contributed by atoms with Crippen LogP contribution < -0.4 is 11.3 Å². The molecular weight excluding hydrogens is 230 g/mol. The Labute approximate surface area is 76.9 Å². The molecule has 1 rings (SSSR count). The van der Waals surface area contributed by atoms with Gasteiger partial charge in [0.1, 0.15) is 11.6 Å². The summed E-state index contributed by atoms with van der Waals surface area (Å²) < 4.78 is 26.2. The van der Waals surface area contributed by atoms with Gasteiger partial charge in [0.15, 0.2) is 0 Å². The zero-order valence-corrected chi connectivity index (χ0v) is 7.66. The summed E-state index contributed by atoms with van der Waals surface area (Å²) in [6.07, 6.45) is 0. The number of hydrogen-bond donors (Lipinski definition) is 2. The molecule has 0 unspecified atom stereocenters. The first-order valence-electron chi connectivity index (χ1n) is 3.22. The van der Waals surface area contributed by atoms with Crippen LogP contribution in [0.4, 0.5) is 8.78 Å². The Morgan fingerprint density at radius 1 is 1.33 bits per heavy atom. The third-order valence-corrected chi connectivity index (χ3v) is 1.84.